The van der Waals surface area contributed by atoms with Crippen molar-refractivity contribution in [3.8, 4) is 11.3 Å². The lowest BCUT2D eigenvalue weighted by molar-refractivity contribution is -0.119. The van der Waals surface area contributed by atoms with Gasteiger partial charge >= 0.3 is 0 Å². The lowest BCUT2D eigenvalue weighted by atomic mass is 10.1. The van der Waals surface area contributed by atoms with Crippen molar-refractivity contribution in [2.45, 2.75) is 24.1 Å². The molecule has 140 valence electrons. The zero-order valence-electron chi connectivity index (χ0n) is 14.6. The molecule has 1 saturated heterocycles. The number of amides is 1. The predicted octanol–water partition coefficient (Wildman–Crippen LogP) is 1.47. The van der Waals surface area contributed by atoms with E-state index in [2.05, 4.69) is 20.5 Å². The van der Waals surface area contributed by atoms with Crippen LogP contribution in [0.2, 0.25) is 0 Å². The summed E-state index contributed by atoms with van der Waals surface area (Å²) < 4.78 is 7.26. The Kier molecular flexibility index (Phi) is 5.21. The van der Waals surface area contributed by atoms with Crippen LogP contribution in [0.15, 0.2) is 46.3 Å². The molecule has 0 saturated carbocycles. The third-order valence-electron chi connectivity index (χ3n) is 4.33. The number of H-pyrrole nitrogens is 1. The second-order valence-corrected chi connectivity index (χ2v) is 7.20. The van der Waals surface area contributed by atoms with Crippen molar-refractivity contribution in [2.75, 3.05) is 18.9 Å². The van der Waals surface area contributed by atoms with Crippen molar-refractivity contribution in [3.63, 3.8) is 0 Å². The first-order valence-corrected chi connectivity index (χ1v) is 9.74. The molecular formula is C18H19N5O3S. The van der Waals surface area contributed by atoms with Crippen molar-refractivity contribution < 1.29 is 9.53 Å². The summed E-state index contributed by atoms with van der Waals surface area (Å²) in [6.07, 6.45) is 2.14. The fourth-order valence-corrected chi connectivity index (χ4v) is 3.81. The number of hydrogen-bond donors (Lipinski definition) is 2. The van der Waals surface area contributed by atoms with E-state index in [1.807, 2.05) is 30.3 Å². The lowest BCUT2D eigenvalue weighted by Crippen LogP contribution is -2.32. The summed E-state index contributed by atoms with van der Waals surface area (Å²) in [6.45, 7) is 1.30. The van der Waals surface area contributed by atoms with Gasteiger partial charge in [-0.2, -0.15) is 0 Å². The first-order chi connectivity index (χ1) is 13.2. The molecule has 0 radical (unpaired) electrons. The van der Waals surface area contributed by atoms with Crippen molar-refractivity contribution >= 4 is 23.4 Å². The maximum absolute atomic E-state index is 12.1. The number of rotatable bonds is 6. The van der Waals surface area contributed by atoms with E-state index in [1.54, 1.807) is 4.40 Å². The molecular weight excluding hydrogens is 366 g/mol. The van der Waals surface area contributed by atoms with Crippen LogP contribution in [-0.2, 0) is 9.53 Å². The van der Waals surface area contributed by atoms with Crippen LogP contribution in [0.1, 0.15) is 12.8 Å². The molecule has 0 spiro atoms. The van der Waals surface area contributed by atoms with Gasteiger partial charge in [-0.3, -0.25) is 19.0 Å². The maximum Gasteiger partial charge on any atom is 0.252 e. The molecule has 3 aromatic rings. The number of nitrogens with one attached hydrogen (secondary N) is 2. The van der Waals surface area contributed by atoms with E-state index < -0.39 is 0 Å². The molecule has 0 aliphatic carbocycles. The van der Waals surface area contributed by atoms with Gasteiger partial charge in [-0.25, -0.2) is 0 Å². The maximum atomic E-state index is 12.1. The smallest absolute Gasteiger partial charge is 0.252 e. The Morgan fingerprint density at radius 2 is 2.19 bits per heavy atom. The number of hydrogen-bond acceptors (Lipinski definition) is 6. The van der Waals surface area contributed by atoms with E-state index in [1.165, 1.54) is 17.8 Å². The van der Waals surface area contributed by atoms with Crippen LogP contribution in [0.5, 0.6) is 0 Å². The van der Waals surface area contributed by atoms with Crippen molar-refractivity contribution in [2.24, 2.45) is 0 Å². The fraction of sp³-hybridized carbons (Fsp3) is 0.333. The van der Waals surface area contributed by atoms with Crippen molar-refractivity contribution in [1.29, 1.82) is 0 Å². The first kappa shape index (κ1) is 17.7. The highest BCUT2D eigenvalue weighted by molar-refractivity contribution is 7.99. The van der Waals surface area contributed by atoms with Gasteiger partial charge < -0.3 is 10.1 Å². The molecule has 4 rings (SSSR count). The Morgan fingerprint density at radius 1 is 1.33 bits per heavy atom. The molecule has 8 nitrogen and oxygen atoms in total. The minimum Gasteiger partial charge on any atom is -0.376 e. The first-order valence-electron chi connectivity index (χ1n) is 8.76. The summed E-state index contributed by atoms with van der Waals surface area (Å²) >= 11 is 1.28. The van der Waals surface area contributed by atoms with Crippen LogP contribution in [0.25, 0.3) is 17.0 Å². The highest BCUT2D eigenvalue weighted by atomic mass is 32.2. The molecule has 2 N–H and O–H groups in total. The van der Waals surface area contributed by atoms with Gasteiger partial charge in [0.05, 0.1) is 17.6 Å². The predicted molar refractivity (Wildman–Crippen MR) is 102 cm³/mol. The number of ether oxygens (including phenoxy) is 1. The number of carbonyl (C=O) groups is 1. The number of benzene rings is 1. The lowest BCUT2D eigenvalue weighted by Gasteiger charge is -2.10. The van der Waals surface area contributed by atoms with Gasteiger partial charge in [-0.05, 0) is 18.4 Å². The summed E-state index contributed by atoms with van der Waals surface area (Å²) in [6, 6.07) is 11.0. The van der Waals surface area contributed by atoms with Gasteiger partial charge in [-0.1, -0.05) is 42.1 Å². The normalized spacial score (nSPS) is 16.7. The van der Waals surface area contributed by atoms with Crippen LogP contribution in [0.3, 0.4) is 0 Å². The summed E-state index contributed by atoms with van der Waals surface area (Å²) in [4.78, 5) is 26.8. The quantitative estimate of drug-likeness (QED) is 0.623. The Balaban J connectivity index is 1.52. The Morgan fingerprint density at radius 3 is 2.96 bits per heavy atom. The van der Waals surface area contributed by atoms with Crippen LogP contribution in [0.4, 0.5) is 0 Å². The minimum atomic E-state index is -0.250. The number of thioether (sulfide) groups is 1. The fourth-order valence-electron chi connectivity index (χ4n) is 3.03. The SMILES string of the molecule is O=C(CSc1nnc2[nH]c(=O)cc(-c3ccccc3)n12)NC[C@@H]1CCCO1. The van der Waals surface area contributed by atoms with Gasteiger partial charge in [0, 0.05) is 19.2 Å². The molecule has 27 heavy (non-hydrogen) atoms. The van der Waals surface area contributed by atoms with Gasteiger partial charge in [0.15, 0.2) is 5.16 Å². The highest BCUT2D eigenvalue weighted by Gasteiger charge is 2.17. The Labute approximate surface area is 159 Å². The van der Waals surface area contributed by atoms with Crippen molar-refractivity contribution in [1.82, 2.24) is 24.9 Å². The number of nitrogens with zero attached hydrogens (tertiary/aromatic N) is 3. The molecule has 1 aromatic carbocycles. The average Bonchev–Trinajstić information content (AvgIpc) is 3.34. The third-order valence-corrected chi connectivity index (χ3v) is 5.26. The van der Waals surface area contributed by atoms with Crippen molar-refractivity contribution in [3.05, 3.63) is 46.8 Å². The minimum absolute atomic E-state index is 0.0852. The molecule has 0 unspecified atom stereocenters. The number of aromatic amines is 1. The monoisotopic (exact) mass is 385 g/mol. The van der Waals surface area contributed by atoms with E-state index in [0.717, 1.165) is 25.0 Å². The number of carbonyl (C=O) groups excluding carboxylic acids is 1. The molecule has 3 heterocycles. The van der Waals surface area contributed by atoms with E-state index in [9.17, 15) is 9.59 Å². The third kappa shape index (κ3) is 4.04. The molecule has 1 fully saturated rings. The van der Waals surface area contributed by atoms with E-state index in [0.29, 0.717) is 23.2 Å². The highest BCUT2D eigenvalue weighted by Crippen LogP contribution is 2.23. The van der Waals surface area contributed by atoms with E-state index >= 15 is 0 Å². The Bertz CT molecular complexity index is 995. The van der Waals surface area contributed by atoms with E-state index in [-0.39, 0.29) is 23.3 Å². The summed E-state index contributed by atoms with van der Waals surface area (Å²) in [5, 5.41) is 11.6. The molecule has 0 bridgehead atoms. The van der Waals surface area contributed by atoms with Crippen LogP contribution in [0, 0.1) is 0 Å². The second kappa shape index (κ2) is 7.93. The Hall–Kier alpha value is -2.65. The van der Waals surface area contributed by atoms with Crippen LogP contribution in [-0.4, -0.2) is 50.5 Å². The van der Waals surface area contributed by atoms with Gasteiger partial charge in [0.1, 0.15) is 0 Å². The molecule has 2 aromatic heterocycles. The zero-order chi connectivity index (χ0) is 18.6. The second-order valence-electron chi connectivity index (χ2n) is 6.25. The van der Waals surface area contributed by atoms with Gasteiger partial charge in [0.25, 0.3) is 5.56 Å². The average molecular weight is 385 g/mol. The zero-order valence-corrected chi connectivity index (χ0v) is 15.4. The van der Waals surface area contributed by atoms with E-state index in [4.69, 9.17) is 4.74 Å². The van der Waals surface area contributed by atoms with Gasteiger partial charge in [0.2, 0.25) is 11.7 Å². The summed E-state index contributed by atoms with van der Waals surface area (Å²) in [5.41, 5.74) is 1.30. The molecule has 1 aliphatic heterocycles. The molecule has 1 amide bonds. The number of aromatic nitrogens is 4. The molecule has 9 heteroatoms. The van der Waals surface area contributed by atoms with Crippen LogP contribution >= 0.6 is 11.8 Å². The van der Waals surface area contributed by atoms with Gasteiger partial charge in [-0.15, -0.1) is 10.2 Å². The number of fused-ring (bicyclic) bond motifs is 1. The topological polar surface area (TPSA) is 101 Å². The standard InChI is InChI=1S/C18H19N5O3S/c24-15-9-14(12-5-2-1-3-6-12)23-17(20-15)21-22-18(23)27-11-16(25)19-10-13-7-4-8-26-13/h1-3,5-6,9,13H,4,7-8,10-11H2,(H,19,25)(H,20,21,24)/t13-/m0/s1. The molecule has 1 aliphatic rings. The largest absolute Gasteiger partial charge is 0.376 e. The summed E-state index contributed by atoms with van der Waals surface area (Å²) in [5.74, 6) is 0.475. The van der Waals surface area contributed by atoms with Crippen LogP contribution < -0.4 is 10.9 Å². The molecule has 1 atom stereocenters. The summed E-state index contributed by atoms with van der Waals surface area (Å²) in [7, 11) is 0.